The van der Waals surface area contributed by atoms with Gasteiger partial charge in [0.15, 0.2) is 0 Å². The Kier molecular flexibility index (Phi) is 8.83. The number of aromatic nitrogens is 2. The quantitative estimate of drug-likeness (QED) is 0.201. The molecule has 165 valence electrons. The zero-order valence-electron chi connectivity index (χ0n) is 18.6. The van der Waals surface area contributed by atoms with Gasteiger partial charge in [0.05, 0.1) is 0 Å². The Morgan fingerprint density at radius 3 is 1.85 bits per heavy atom. The maximum atomic E-state index is 4.54. The summed E-state index contributed by atoms with van der Waals surface area (Å²) in [6.07, 6.45) is 1.93. The molecule has 33 heavy (non-hydrogen) atoms. The van der Waals surface area contributed by atoms with Gasteiger partial charge >= 0.3 is 0 Å². The van der Waals surface area contributed by atoms with Gasteiger partial charge in [0.25, 0.3) is 0 Å². The van der Waals surface area contributed by atoms with Crippen LogP contribution in [0.3, 0.4) is 0 Å². The summed E-state index contributed by atoms with van der Waals surface area (Å²) < 4.78 is 0. The molecule has 5 rings (SSSR count). The van der Waals surface area contributed by atoms with Crippen LogP contribution in [0.5, 0.6) is 0 Å². The van der Waals surface area contributed by atoms with E-state index in [0.717, 1.165) is 33.8 Å². The van der Waals surface area contributed by atoms with Gasteiger partial charge in [0.2, 0.25) is 0 Å². The molecular formula is C30H24IrN2-2. The van der Waals surface area contributed by atoms with Crippen LogP contribution in [-0.4, -0.2) is 9.97 Å². The Morgan fingerprint density at radius 2 is 1.27 bits per heavy atom. The van der Waals surface area contributed by atoms with Crippen molar-refractivity contribution in [3.05, 3.63) is 133 Å². The molecule has 0 saturated carbocycles. The minimum Gasteiger partial charge on any atom is -0.304 e. The standard InChI is InChI=1S/C18H14N.C12H10N.Ir/c1-14-7-5-6-10-17(14)16-11-12-18(19-13-16)15-8-3-2-4-9-15;1-10-6-5-9-12(13-10)11-7-3-2-4-8-11;/h2-8,10-13H,1H3;2-7,9H,1H3;/q2*-1;. The third-order valence-electron chi connectivity index (χ3n) is 5.08. The normalized spacial score (nSPS) is 9.88. The van der Waals surface area contributed by atoms with E-state index in [1.165, 1.54) is 11.1 Å². The zero-order chi connectivity index (χ0) is 22.2. The fraction of sp³-hybridized carbons (Fsp3) is 0.0667. The number of benzene rings is 3. The number of rotatable bonds is 3. The first-order valence-electron chi connectivity index (χ1n) is 10.6. The number of nitrogens with zero attached hydrogens (tertiary/aromatic N) is 2. The molecule has 0 aliphatic rings. The fourth-order valence-corrected chi connectivity index (χ4v) is 3.41. The Bertz CT molecular complexity index is 1270. The van der Waals surface area contributed by atoms with Crippen molar-refractivity contribution < 1.29 is 20.1 Å². The van der Waals surface area contributed by atoms with Crippen LogP contribution in [0.2, 0.25) is 0 Å². The predicted octanol–water partition coefficient (Wildman–Crippen LogP) is 7.38. The second-order valence-corrected chi connectivity index (χ2v) is 7.46. The van der Waals surface area contributed by atoms with Crippen molar-refractivity contribution in [2.24, 2.45) is 0 Å². The van der Waals surface area contributed by atoms with Gasteiger partial charge in [0, 0.05) is 32.0 Å². The van der Waals surface area contributed by atoms with E-state index in [1.807, 2.05) is 85.9 Å². The Morgan fingerprint density at radius 1 is 0.606 bits per heavy atom. The molecule has 0 amide bonds. The van der Waals surface area contributed by atoms with Crippen LogP contribution in [0.1, 0.15) is 11.3 Å². The Balaban J connectivity index is 0.000000192. The molecule has 3 aromatic carbocycles. The number of aryl methyl sites for hydroxylation is 2. The van der Waals surface area contributed by atoms with Crippen LogP contribution >= 0.6 is 0 Å². The summed E-state index contributed by atoms with van der Waals surface area (Å²) >= 11 is 0. The molecule has 0 spiro atoms. The van der Waals surface area contributed by atoms with E-state index < -0.39 is 0 Å². The summed E-state index contributed by atoms with van der Waals surface area (Å²) in [6.45, 7) is 4.11. The second-order valence-electron chi connectivity index (χ2n) is 7.46. The van der Waals surface area contributed by atoms with Crippen LogP contribution in [0.4, 0.5) is 0 Å². The van der Waals surface area contributed by atoms with Gasteiger partial charge in [-0.15, -0.1) is 71.8 Å². The molecule has 0 unspecified atom stereocenters. The summed E-state index contributed by atoms with van der Waals surface area (Å²) in [5.74, 6) is 0. The van der Waals surface area contributed by atoms with Gasteiger partial charge in [-0.25, -0.2) is 0 Å². The molecule has 3 heteroatoms. The molecule has 5 aromatic rings. The first-order valence-corrected chi connectivity index (χ1v) is 10.6. The number of hydrogen-bond donors (Lipinski definition) is 0. The summed E-state index contributed by atoms with van der Waals surface area (Å²) in [5.41, 5.74) is 8.71. The molecule has 1 radical (unpaired) electrons. The monoisotopic (exact) mass is 605 g/mol. The van der Waals surface area contributed by atoms with Crippen molar-refractivity contribution in [2.45, 2.75) is 13.8 Å². The van der Waals surface area contributed by atoms with Crippen molar-refractivity contribution in [1.29, 1.82) is 0 Å². The number of pyridine rings is 2. The van der Waals surface area contributed by atoms with Crippen LogP contribution in [0.25, 0.3) is 33.6 Å². The van der Waals surface area contributed by atoms with E-state index in [4.69, 9.17) is 0 Å². The molecule has 0 atom stereocenters. The van der Waals surface area contributed by atoms with Crippen molar-refractivity contribution >= 4 is 0 Å². The minimum absolute atomic E-state index is 0. The molecule has 0 aliphatic carbocycles. The summed E-state index contributed by atoms with van der Waals surface area (Å²) in [6, 6.07) is 40.6. The molecule has 0 fully saturated rings. The molecule has 0 saturated heterocycles. The van der Waals surface area contributed by atoms with Crippen LogP contribution in [0.15, 0.2) is 109 Å². The first kappa shape index (κ1) is 24.3. The van der Waals surface area contributed by atoms with Gasteiger partial charge in [-0.05, 0) is 48.0 Å². The summed E-state index contributed by atoms with van der Waals surface area (Å²) in [7, 11) is 0. The van der Waals surface area contributed by atoms with E-state index in [9.17, 15) is 0 Å². The van der Waals surface area contributed by atoms with E-state index in [-0.39, 0.29) is 20.1 Å². The van der Waals surface area contributed by atoms with Gasteiger partial charge in [-0.2, -0.15) is 0 Å². The molecule has 2 heterocycles. The fourth-order valence-electron chi connectivity index (χ4n) is 3.41. The summed E-state index contributed by atoms with van der Waals surface area (Å²) in [5, 5.41) is 0. The Hall–Kier alpha value is -3.39. The van der Waals surface area contributed by atoms with E-state index in [0.29, 0.717) is 0 Å². The number of hydrogen-bond acceptors (Lipinski definition) is 2. The smallest absolute Gasteiger partial charge is 0.0266 e. The van der Waals surface area contributed by atoms with Crippen molar-refractivity contribution in [3.63, 3.8) is 0 Å². The summed E-state index contributed by atoms with van der Waals surface area (Å²) in [4.78, 5) is 8.95. The van der Waals surface area contributed by atoms with Crippen molar-refractivity contribution in [3.8, 4) is 33.6 Å². The minimum atomic E-state index is 0. The molecule has 0 N–H and O–H groups in total. The maximum Gasteiger partial charge on any atom is 0.0266 e. The molecular weight excluding hydrogens is 581 g/mol. The third-order valence-corrected chi connectivity index (χ3v) is 5.08. The van der Waals surface area contributed by atoms with Gasteiger partial charge in [0.1, 0.15) is 0 Å². The average molecular weight is 605 g/mol. The predicted molar refractivity (Wildman–Crippen MR) is 132 cm³/mol. The topological polar surface area (TPSA) is 25.8 Å². The maximum absolute atomic E-state index is 4.54. The molecule has 0 bridgehead atoms. The first-order chi connectivity index (χ1) is 15.7. The third kappa shape index (κ3) is 6.55. The molecule has 2 aromatic heterocycles. The van der Waals surface area contributed by atoms with Crippen molar-refractivity contribution in [1.82, 2.24) is 9.97 Å². The Labute approximate surface area is 209 Å². The van der Waals surface area contributed by atoms with Crippen LogP contribution in [0, 0.1) is 26.0 Å². The molecule has 0 aliphatic heterocycles. The SMILES string of the molecule is Cc1cccc(-c2[c-]cccc2)n1.Cc1ccccc1-c1ccc(-c2[c-]cccc2)nc1.[Ir]. The van der Waals surface area contributed by atoms with Crippen LogP contribution in [-0.2, 0) is 20.1 Å². The van der Waals surface area contributed by atoms with E-state index in [2.05, 4.69) is 59.4 Å². The van der Waals surface area contributed by atoms with Crippen LogP contribution < -0.4 is 0 Å². The van der Waals surface area contributed by atoms with Gasteiger partial charge in [-0.1, -0.05) is 48.5 Å². The van der Waals surface area contributed by atoms with Gasteiger partial charge < -0.3 is 9.97 Å². The van der Waals surface area contributed by atoms with E-state index in [1.54, 1.807) is 0 Å². The second kappa shape index (κ2) is 12.0. The molecule has 2 nitrogen and oxygen atoms in total. The average Bonchev–Trinajstić information content (AvgIpc) is 2.86. The zero-order valence-corrected chi connectivity index (χ0v) is 21.0. The van der Waals surface area contributed by atoms with Crippen molar-refractivity contribution in [2.75, 3.05) is 0 Å². The largest absolute Gasteiger partial charge is 0.304 e. The van der Waals surface area contributed by atoms with Gasteiger partial charge in [-0.3, -0.25) is 0 Å². The van der Waals surface area contributed by atoms with E-state index >= 15 is 0 Å².